The maximum Gasteiger partial charge on any atom is 0.191 e. The van der Waals surface area contributed by atoms with Gasteiger partial charge in [0.2, 0.25) is 0 Å². The van der Waals surface area contributed by atoms with Gasteiger partial charge in [-0.3, -0.25) is 0 Å². The van der Waals surface area contributed by atoms with Crippen LogP contribution in [0.4, 0.5) is 20.9 Å². The van der Waals surface area contributed by atoms with Crippen molar-refractivity contribution in [2.45, 2.75) is 38.7 Å². The molecule has 4 aromatic rings. The molecule has 11 nitrogen and oxygen atoms in total. The Kier molecular flexibility index (Phi) is 8.15. The van der Waals surface area contributed by atoms with Crippen LogP contribution < -0.4 is 9.80 Å². The summed E-state index contributed by atoms with van der Waals surface area (Å²) in [6.07, 6.45) is 1.51. The molecule has 2 aliphatic heterocycles. The average molecular weight is 619 g/mol. The molecule has 0 saturated carbocycles. The summed E-state index contributed by atoms with van der Waals surface area (Å²) in [5.41, 5.74) is 4.79. The second-order valence-corrected chi connectivity index (χ2v) is 12.2. The zero-order valence-corrected chi connectivity index (χ0v) is 25.8. The number of halogens is 1. The number of aliphatic hydroxyl groups is 1. The highest BCUT2D eigenvalue weighted by atomic mass is 32.1. The van der Waals surface area contributed by atoms with Crippen molar-refractivity contribution >= 4 is 39.2 Å². The molecule has 3 aromatic heterocycles. The van der Waals surface area contributed by atoms with Gasteiger partial charge < -0.3 is 29.8 Å². The zero-order valence-electron chi connectivity index (χ0n) is 25.0. The highest BCUT2D eigenvalue weighted by Crippen LogP contribution is 2.39. The van der Waals surface area contributed by atoms with Crippen molar-refractivity contribution in [3.05, 3.63) is 58.5 Å². The van der Waals surface area contributed by atoms with E-state index in [4.69, 9.17) is 14.8 Å². The van der Waals surface area contributed by atoms with Crippen LogP contribution in [0.2, 0.25) is 0 Å². The summed E-state index contributed by atoms with van der Waals surface area (Å²) in [7, 11) is 1.93. The van der Waals surface area contributed by atoms with E-state index in [1.54, 1.807) is 12.1 Å². The monoisotopic (exact) mass is 618 g/mol. The fraction of sp³-hybridized carbons (Fsp3) is 0.419. The number of hydrogen-bond acceptors (Lipinski definition) is 10. The molecule has 2 fully saturated rings. The van der Waals surface area contributed by atoms with E-state index >= 15 is 0 Å². The summed E-state index contributed by atoms with van der Waals surface area (Å²) in [4.78, 5) is 11.5. The Morgan fingerprint density at radius 3 is 2.52 bits per heavy atom. The smallest absolute Gasteiger partial charge is 0.191 e. The molecule has 230 valence electrons. The number of piperazine rings is 1. The van der Waals surface area contributed by atoms with E-state index < -0.39 is 5.60 Å². The number of hydrogen-bond donors (Lipinski definition) is 2. The molecule has 5 heterocycles. The van der Waals surface area contributed by atoms with Gasteiger partial charge in [-0.1, -0.05) is 23.4 Å². The van der Waals surface area contributed by atoms with Crippen LogP contribution in [-0.4, -0.2) is 87.7 Å². The first-order chi connectivity index (χ1) is 21.3. The maximum atomic E-state index is 13.6. The molecule has 0 aliphatic carbocycles. The minimum atomic E-state index is -1.18. The van der Waals surface area contributed by atoms with Crippen LogP contribution in [0.15, 0.2) is 41.6 Å². The molecule has 2 N–H and O–H groups in total. The van der Waals surface area contributed by atoms with E-state index in [2.05, 4.69) is 35.2 Å². The second-order valence-electron chi connectivity index (χ2n) is 11.2. The minimum absolute atomic E-state index is 0.319. The molecule has 6 rings (SSSR count). The molecular formula is C31H35FN8O3S. The van der Waals surface area contributed by atoms with Crippen molar-refractivity contribution in [1.82, 2.24) is 19.5 Å². The molecule has 2 aliphatic rings. The molecule has 2 saturated heterocycles. The summed E-state index contributed by atoms with van der Waals surface area (Å²) in [5.74, 6) is -0.0236. The van der Waals surface area contributed by atoms with Gasteiger partial charge >= 0.3 is 0 Å². The number of nitrogens with zero attached hydrogens (tertiary/aromatic N) is 8. The number of anilines is 3. The summed E-state index contributed by atoms with van der Waals surface area (Å²) in [5, 5.41) is 39.9. The van der Waals surface area contributed by atoms with Crippen LogP contribution in [0.3, 0.4) is 0 Å². The molecule has 0 radical (unpaired) electrons. The number of thiazole rings is 1. The van der Waals surface area contributed by atoms with E-state index in [1.807, 2.05) is 28.3 Å². The van der Waals surface area contributed by atoms with Gasteiger partial charge in [0, 0.05) is 76.2 Å². The van der Waals surface area contributed by atoms with Crippen LogP contribution >= 0.6 is 11.3 Å². The van der Waals surface area contributed by atoms with E-state index in [0.717, 1.165) is 28.3 Å². The van der Waals surface area contributed by atoms with Crippen molar-refractivity contribution in [1.29, 1.82) is 5.26 Å². The Bertz CT molecular complexity index is 1730. The average Bonchev–Trinajstić information content (AvgIpc) is 3.64. The van der Waals surface area contributed by atoms with Gasteiger partial charge in [-0.15, -0.1) is 0 Å². The first-order valence-electron chi connectivity index (χ1n) is 14.7. The van der Waals surface area contributed by atoms with Crippen LogP contribution in [0.25, 0.3) is 16.8 Å². The standard InChI is InChI=1S/C31H35FN8O3S/c1-4-24-28(37(3)30-34-27(26(19-33)44-30)21-5-7-22(32)8-6-21)25-18-23(17-20(2)40(25)35-24)38-11-13-39(14-12-38)29(36-42)31(41)9-15-43-16-10-31/h5-8,17-18,41-42H,4,9-16H2,1-3H3. The molecule has 44 heavy (non-hydrogen) atoms. The summed E-state index contributed by atoms with van der Waals surface area (Å²) in [6.45, 7) is 7.52. The van der Waals surface area contributed by atoms with Gasteiger partial charge in [-0.25, -0.2) is 13.9 Å². The second kappa shape index (κ2) is 12.0. The van der Waals surface area contributed by atoms with Gasteiger partial charge in [0.05, 0.1) is 16.9 Å². The summed E-state index contributed by atoms with van der Waals surface area (Å²) >= 11 is 1.29. The SMILES string of the molecule is CCc1nn2c(C)cc(N3CCN(C(=NO)C4(O)CCOCC4)CC3)cc2c1N(C)c1nc(-c2ccc(F)cc2)c(C#N)s1. The lowest BCUT2D eigenvalue weighted by molar-refractivity contribution is -0.0285. The summed E-state index contributed by atoms with van der Waals surface area (Å²) in [6, 6.07) is 12.5. The summed E-state index contributed by atoms with van der Waals surface area (Å²) < 4.78 is 20.9. The predicted molar refractivity (Wildman–Crippen MR) is 168 cm³/mol. The van der Waals surface area contributed by atoms with E-state index in [0.29, 0.717) is 85.8 Å². The lowest BCUT2D eigenvalue weighted by Crippen LogP contribution is -2.57. The number of aryl methyl sites for hydroxylation is 2. The Hall–Kier alpha value is -4.25. The van der Waals surface area contributed by atoms with Gasteiger partial charge in [0.15, 0.2) is 11.0 Å². The number of aromatic nitrogens is 3. The number of benzene rings is 1. The van der Waals surface area contributed by atoms with E-state index in [9.17, 15) is 20.0 Å². The normalized spacial score (nSPS) is 17.2. The molecular weight excluding hydrogens is 583 g/mol. The topological polar surface area (TPSA) is 126 Å². The quantitative estimate of drug-likeness (QED) is 0.138. The Morgan fingerprint density at radius 2 is 1.89 bits per heavy atom. The molecule has 13 heteroatoms. The van der Waals surface area contributed by atoms with Crippen molar-refractivity contribution in [3.8, 4) is 17.3 Å². The number of rotatable bonds is 6. The van der Waals surface area contributed by atoms with Crippen molar-refractivity contribution in [3.63, 3.8) is 0 Å². The molecule has 0 bridgehead atoms. The number of fused-ring (bicyclic) bond motifs is 1. The van der Waals surface area contributed by atoms with Crippen molar-refractivity contribution in [2.75, 3.05) is 56.2 Å². The van der Waals surface area contributed by atoms with Crippen LogP contribution in [0, 0.1) is 24.1 Å². The molecule has 0 atom stereocenters. The zero-order chi connectivity index (χ0) is 31.0. The molecule has 0 spiro atoms. The third-order valence-electron chi connectivity index (χ3n) is 8.51. The maximum absolute atomic E-state index is 13.6. The molecule has 0 amide bonds. The Balaban J connectivity index is 1.30. The molecule has 1 aromatic carbocycles. The number of ether oxygens (including phenoxy) is 1. The molecule has 0 unspecified atom stereocenters. The van der Waals surface area contributed by atoms with Crippen LogP contribution in [-0.2, 0) is 11.2 Å². The predicted octanol–water partition coefficient (Wildman–Crippen LogP) is 4.56. The number of pyridine rings is 1. The highest BCUT2D eigenvalue weighted by molar-refractivity contribution is 7.16. The lowest BCUT2D eigenvalue weighted by atomic mass is 9.92. The van der Waals surface area contributed by atoms with Gasteiger partial charge in [-0.05, 0) is 49.7 Å². The third-order valence-corrected chi connectivity index (χ3v) is 9.54. The fourth-order valence-corrected chi connectivity index (χ4v) is 6.95. The third kappa shape index (κ3) is 5.34. The Morgan fingerprint density at radius 1 is 1.18 bits per heavy atom. The van der Waals surface area contributed by atoms with Gasteiger partial charge in [-0.2, -0.15) is 10.4 Å². The van der Waals surface area contributed by atoms with Crippen molar-refractivity contribution < 1.29 is 19.4 Å². The minimum Gasteiger partial charge on any atom is -0.409 e. The largest absolute Gasteiger partial charge is 0.409 e. The number of amidine groups is 1. The first kappa shape index (κ1) is 29.8. The number of oxime groups is 1. The van der Waals surface area contributed by atoms with Crippen molar-refractivity contribution in [2.24, 2.45) is 5.16 Å². The Labute approximate surface area is 259 Å². The van der Waals surface area contributed by atoms with E-state index in [-0.39, 0.29) is 5.82 Å². The van der Waals surface area contributed by atoms with Gasteiger partial charge in [0.25, 0.3) is 0 Å². The lowest BCUT2D eigenvalue weighted by Gasteiger charge is -2.42. The fourth-order valence-electron chi connectivity index (χ4n) is 6.10. The van der Waals surface area contributed by atoms with Gasteiger partial charge in [0.1, 0.15) is 28.1 Å². The van der Waals surface area contributed by atoms with Crippen LogP contribution in [0.5, 0.6) is 0 Å². The van der Waals surface area contributed by atoms with Crippen LogP contribution in [0.1, 0.15) is 36.0 Å². The van der Waals surface area contributed by atoms with E-state index in [1.165, 1.54) is 23.5 Å². The first-order valence-corrected chi connectivity index (χ1v) is 15.5. The number of nitriles is 1. The highest BCUT2D eigenvalue weighted by Gasteiger charge is 2.40.